The fourth-order valence-corrected chi connectivity index (χ4v) is 4.11. The van der Waals surface area contributed by atoms with Crippen molar-refractivity contribution in [3.63, 3.8) is 0 Å². The van der Waals surface area contributed by atoms with Gasteiger partial charge >= 0.3 is 0 Å². The molecule has 1 heterocycles. The van der Waals surface area contributed by atoms with E-state index >= 15 is 0 Å². The van der Waals surface area contributed by atoms with Gasteiger partial charge in [-0.05, 0) is 54.6 Å². The highest BCUT2D eigenvalue weighted by Gasteiger charge is 2.47. The Bertz CT molecular complexity index is 727. The number of amides is 1. The third-order valence-corrected chi connectivity index (χ3v) is 5.42. The standard InChI is InChI=1S/C20H24N2O.ClH/c1-21-12-14-9-10-22(13-14)20(23)19-11-18(19)17-8-4-6-15-5-2-3-7-16(15)17;/h2-8,14,18-19,21H,9-13H2,1H3;1H. The molecule has 0 bridgehead atoms. The first-order chi connectivity index (χ1) is 11.3. The van der Waals surface area contributed by atoms with E-state index in [-0.39, 0.29) is 18.3 Å². The molecule has 2 aromatic rings. The summed E-state index contributed by atoms with van der Waals surface area (Å²) in [5, 5.41) is 5.82. The van der Waals surface area contributed by atoms with Crippen LogP contribution in [0.15, 0.2) is 42.5 Å². The Morgan fingerprint density at radius 1 is 1.21 bits per heavy atom. The number of fused-ring (bicyclic) bond motifs is 1. The number of carbonyl (C=O) groups excluding carboxylic acids is 1. The van der Waals surface area contributed by atoms with Gasteiger partial charge in [0, 0.05) is 19.0 Å². The molecule has 1 saturated carbocycles. The van der Waals surface area contributed by atoms with Gasteiger partial charge in [0.05, 0.1) is 0 Å². The Hall–Kier alpha value is -1.58. The fourth-order valence-electron chi connectivity index (χ4n) is 4.11. The topological polar surface area (TPSA) is 32.3 Å². The van der Waals surface area contributed by atoms with Crippen molar-refractivity contribution in [1.82, 2.24) is 10.2 Å². The Balaban J connectivity index is 0.00000169. The lowest BCUT2D eigenvalue weighted by atomic mass is 10.00. The van der Waals surface area contributed by atoms with Crippen molar-refractivity contribution in [2.24, 2.45) is 11.8 Å². The molecule has 0 spiro atoms. The van der Waals surface area contributed by atoms with E-state index in [1.165, 1.54) is 16.3 Å². The zero-order valence-electron chi connectivity index (χ0n) is 14.1. The molecule has 0 aromatic heterocycles. The minimum absolute atomic E-state index is 0. The lowest BCUT2D eigenvalue weighted by Crippen LogP contribution is -2.31. The molecule has 3 nitrogen and oxygen atoms in total. The third kappa shape index (κ3) is 3.15. The molecule has 2 fully saturated rings. The first-order valence-electron chi connectivity index (χ1n) is 8.69. The first kappa shape index (κ1) is 17.2. The Morgan fingerprint density at radius 3 is 2.83 bits per heavy atom. The Kier molecular flexibility index (Phi) is 5.12. The molecular formula is C20H25ClN2O. The molecule has 1 aliphatic heterocycles. The summed E-state index contributed by atoms with van der Waals surface area (Å²) in [6.45, 7) is 2.88. The molecule has 2 aromatic carbocycles. The number of nitrogens with one attached hydrogen (secondary N) is 1. The molecule has 24 heavy (non-hydrogen) atoms. The van der Waals surface area contributed by atoms with E-state index in [1.807, 2.05) is 7.05 Å². The second kappa shape index (κ2) is 7.12. The van der Waals surface area contributed by atoms with E-state index in [9.17, 15) is 4.79 Å². The molecule has 3 atom stereocenters. The number of nitrogens with zero attached hydrogens (tertiary/aromatic N) is 1. The quantitative estimate of drug-likeness (QED) is 0.921. The van der Waals surface area contributed by atoms with Crippen LogP contribution in [-0.2, 0) is 4.79 Å². The summed E-state index contributed by atoms with van der Waals surface area (Å²) in [4.78, 5) is 14.9. The van der Waals surface area contributed by atoms with E-state index in [0.29, 0.717) is 17.7 Å². The highest BCUT2D eigenvalue weighted by molar-refractivity contribution is 5.89. The van der Waals surface area contributed by atoms with Crippen LogP contribution in [-0.4, -0.2) is 37.5 Å². The fraction of sp³-hybridized carbons (Fsp3) is 0.450. The number of halogens is 1. The van der Waals surface area contributed by atoms with Gasteiger partial charge in [-0.25, -0.2) is 0 Å². The predicted octanol–water partition coefficient (Wildman–Crippen LogP) is 3.43. The van der Waals surface area contributed by atoms with Gasteiger partial charge < -0.3 is 10.2 Å². The van der Waals surface area contributed by atoms with E-state index in [4.69, 9.17) is 0 Å². The maximum Gasteiger partial charge on any atom is 0.226 e. The summed E-state index contributed by atoms with van der Waals surface area (Å²) in [6.07, 6.45) is 2.15. The van der Waals surface area contributed by atoms with Gasteiger partial charge in [-0.15, -0.1) is 12.4 Å². The van der Waals surface area contributed by atoms with Crippen LogP contribution in [0.2, 0.25) is 0 Å². The lowest BCUT2D eigenvalue weighted by molar-refractivity contribution is -0.131. The number of likely N-dealkylation sites (tertiary alicyclic amines) is 1. The van der Waals surface area contributed by atoms with Crippen molar-refractivity contribution < 1.29 is 4.79 Å². The maximum atomic E-state index is 12.8. The van der Waals surface area contributed by atoms with Crippen LogP contribution in [0.4, 0.5) is 0 Å². The average Bonchev–Trinajstić information content (AvgIpc) is 3.25. The van der Waals surface area contributed by atoms with Crippen molar-refractivity contribution in [2.45, 2.75) is 18.8 Å². The van der Waals surface area contributed by atoms with Gasteiger partial charge in [-0.2, -0.15) is 0 Å². The van der Waals surface area contributed by atoms with Crippen LogP contribution in [0.1, 0.15) is 24.3 Å². The van der Waals surface area contributed by atoms with Gasteiger partial charge in [-0.3, -0.25) is 4.79 Å². The molecule has 1 aliphatic carbocycles. The molecule has 1 N–H and O–H groups in total. The van der Waals surface area contributed by atoms with Gasteiger partial charge in [0.15, 0.2) is 0 Å². The highest BCUT2D eigenvalue weighted by Crippen LogP contribution is 2.50. The third-order valence-electron chi connectivity index (χ3n) is 5.42. The van der Waals surface area contributed by atoms with E-state index in [2.05, 4.69) is 52.7 Å². The minimum Gasteiger partial charge on any atom is -0.342 e. The summed E-state index contributed by atoms with van der Waals surface area (Å²) in [5.41, 5.74) is 1.35. The summed E-state index contributed by atoms with van der Waals surface area (Å²) < 4.78 is 0. The van der Waals surface area contributed by atoms with E-state index in [0.717, 1.165) is 32.5 Å². The van der Waals surface area contributed by atoms with Crippen LogP contribution in [0.3, 0.4) is 0 Å². The van der Waals surface area contributed by atoms with E-state index < -0.39 is 0 Å². The number of rotatable bonds is 4. The van der Waals surface area contributed by atoms with Crippen LogP contribution in [0.5, 0.6) is 0 Å². The lowest BCUT2D eigenvalue weighted by Gasteiger charge is -2.17. The summed E-state index contributed by atoms with van der Waals surface area (Å²) in [5.74, 6) is 1.62. The zero-order chi connectivity index (χ0) is 15.8. The summed E-state index contributed by atoms with van der Waals surface area (Å²) in [6, 6.07) is 15.0. The van der Waals surface area contributed by atoms with Crippen molar-refractivity contribution in [1.29, 1.82) is 0 Å². The molecule has 2 aliphatic rings. The summed E-state index contributed by atoms with van der Waals surface area (Å²) >= 11 is 0. The normalized spacial score (nSPS) is 25.5. The maximum absolute atomic E-state index is 12.8. The van der Waals surface area contributed by atoms with E-state index in [1.54, 1.807) is 0 Å². The monoisotopic (exact) mass is 344 g/mol. The number of hydrogen-bond donors (Lipinski definition) is 1. The SMILES string of the molecule is CNCC1CCN(C(=O)C2CC2c2cccc3ccccc23)C1.Cl. The van der Waals surface area contributed by atoms with Crippen LogP contribution in [0, 0.1) is 11.8 Å². The molecule has 1 saturated heterocycles. The summed E-state index contributed by atoms with van der Waals surface area (Å²) in [7, 11) is 1.99. The van der Waals surface area contributed by atoms with Crippen LogP contribution >= 0.6 is 12.4 Å². The molecule has 1 amide bonds. The second-order valence-corrected chi connectivity index (χ2v) is 7.01. The average molecular weight is 345 g/mol. The molecule has 4 rings (SSSR count). The van der Waals surface area contributed by atoms with Crippen molar-refractivity contribution >= 4 is 29.1 Å². The van der Waals surface area contributed by atoms with Gasteiger partial charge in [0.25, 0.3) is 0 Å². The Morgan fingerprint density at radius 2 is 2.00 bits per heavy atom. The van der Waals surface area contributed by atoms with Crippen molar-refractivity contribution in [2.75, 3.05) is 26.7 Å². The van der Waals surface area contributed by atoms with Crippen LogP contribution in [0.25, 0.3) is 10.8 Å². The largest absolute Gasteiger partial charge is 0.342 e. The molecule has 3 unspecified atom stereocenters. The van der Waals surface area contributed by atoms with Gasteiger partial charge in [0.2, 0.25) is 5.91 Å². The minimum atomic E-state index is 0. The molecule has 4 heteroatoms. The Labute approximate surface area is 149 Å². The zero-order valence-corrected chi connectivity index (χ0v) is 14.9. The van der Waals surface area contributed by atoms with Gasteiger partial charge in [0.1, 0.15) is 0 Å². The molecule has 128 valence electrons. The smallest absolute Gasteiger partial charge is 0.226 e. The highest BCUT2D eigenvalue weighted by atomic mass is 35.5. The predicted molar refractivity (Wildman–Crippen MR) is 101 cm³/mol. The van der Waals surface area contributed by atoms with Crippen molar-refractivity contribution in [3.05, 3.63) is 48.0 Å². The number of benzene rings is 2. The number of hydrogen-bond acceptors (Lipinski definition) is 2. The van der Waals surface area contributed by atoms with Gasteiger partial charge in [-0.1, -0.05) is 42.5 Å². The number of carbonyl (C=O) groups is 1. The van der Waals surface area contributed by atoms with Crippen molar-refractivity contribution in [3.8, 4) is 0 Å². The molecular weight excluding hydrogens is 320 g/mol. The second-order valence-electron chi connectivity index (χ2n) is 7.01. The molecule has 0 radical (unpaired) electrons. The van der Waals surface area contributed by atoms with Crippen LogP contribution < -0.4 is 5.32 Å². The first-order valence-corrected chi connectivity index (χ1v) is 8.69.